The van der Waals surface area contributed by atoms with E-state index in [9.17, 15) is 9.59 Å². The maximum Gasteiger partial charge on any atom is 0.326 e. The zero-order valence-electron chi connectivity index (χ0n) is 11.5. The van der Waals surface area contributed by atoms with Crippen molar-refractivity contribution in [3.63, 3.8) is 0 Å². The van der Waals surface area contributed by atoms with Crippen LogP contribution in [0.25, 0.3) is 0 Å². The number of carbonyl (C=O) groups is 2. The van der Waals surface area contributed by atoms with E-state index in [-0.39, 0.29) is 10.8 Å². The molecule has 6 heteroatoms. The lowest BCUT2D eigenvalue weighted by atomic mass is 10.2. The summed E-state index contributed by atoms with van der Waals surface area (Å²) in [4.78, 5) is 26.4. The van der Waals surface area contributed by atoms with Crippen LogP contribution in [0, 0.1) is 0 Å². The number of urea groups is 1. The van der Waals surface area contributed by atoms with Gasteiger partial charge in [-0.3, -0.25) is 0 Å². The average molecular weight is 274 g/mol. The molecule has 1 unspecified atom stereocenters. The maximum absolute atomic E-state index is 12.3. The summed E-state index contributed by atoms with van der Waals surface area (Å²) in [5, 5.41) is 9.08. The smallest absolute Gasteiger partial charge is 0.326 e. The molecule has 0 aromatic heterocycles. The minimum atomic E-state index is -0.945. The summed E-state index contributed by atoms with van der Waals surface area (Å²) >= 11 is 1.84. The first kappa shape index (κ1) is 15.1. The van der Waals surface area contributed by atoms with Crippen molar-refractivity contribution in [1.29, 1.82) is 0 Å². The fourth-order valence-electron chi connectivity index (χ4n) is 2.15. The first-order chi connectivity index (χ1) is 8.28. The van der Waals surface area contributed by atoms with E-state index in [4.69, 9.17) is 5.11 Å². The monoisotopic (exact) mass is 274 g/mol. The van der Waals surface area contributed by atoms with Crippen molar-refractivity contribution in [2.45, 2.75) is 38.0 Å². The predicted octanol–water partition coefficient (Wildman–Crippen LogP) is 1.73. The van der Waals surface area contributed by atoms with Crippen LogP contribution in [-0.4, -0.2) is 63.6 Å². The van der Waals surface area contributed by atoms with E-state index in [2.05, 4.69) is 13.8 Å². The van der Waals surface area contributed by atoms with Crippen LogP contribution in [0.3, 0.4) is 0 Å². The second kappa shape index (κ2) is 5.82. The topological polar surface area (TPSA) is 60.9 Å². The van der Waals surface area contributed by atoms with Gasteiger partial charge in [0, 0.05) is 30.6 Å². The van der Waals surface area contributed by atoms with Crippen molar-refractivity contribution >= 4 is 23.8 Å². The molecule has 2 amide bonds. The van der Waals surface area contributed by atoms with Gasteiger partial charge >= 0.3 is 12.0 Å². The number of carboxylic acids is 1. The Kier molecular flexibility index (Phi) is 4.90. The van der Waals surface area contributed by atoms with E-state index in [0.29, 0.717) is 19.5 Å². The normalized spacial score (nSPS) is 20.3. The van der Waals surface area contributed by atoms with E-state index in [1.165, 1.54) is 4.90 Å². The fourth-order valence-corrected chi connectivity index (χ4v) is 3.26. The largest absolute Gasteiger partial charge is 0.480 e. The number of rotatable bonds is 3. The fraction of sp³-hybridized carbons (Fsp3) is 0.833. The van der Waals surface area contributed by atoms with Crippen molar-refractivity contribution < 1.29 is 14.7 Å². The molecule has 1 N–H and O–H groups in total. The predicted molar refractivity (Wildman–Crippen MR) is 73.0 cm³/mol. The third-order valence-corrected chi connectivity index (χ3v) is 4.43. The van der Waals surface area contributed by atoms with E-state index in [1.807, 2.05) is 11.8 Å². The first-order valence-electron chi connectivity index (χ1n) is 6.17. The van der Waals surface area contributed by atoms with E-state index in [1.54, 1.807) is 18.9 Å². The zero-order chi connectivity index (χ0) is 13.9. The molecule has 1 rings (SSSR count). The molecule has 0 aromatic carbocycles. The van der Waals surface area contributed by atoms with Gasteiger partial charge in [0.25, 0.3) is 0 Å². The van der Waals surface area contributed by atoms with E-state index < -0.39 is 12.0 Å². The Bertz CT molecular complexity index is 333. The van der Waals surface area contributed by atoms with Gasteiger partial charge in [-0.1, -0.05) is 6.92 Å². The molecule has 0 spiro atoms. The number of hydrogen-bond donors (Lipinski definition) is 1. The van der Waals surface area contributed by atoms with Gasteiger partial charge in [0.1, 0.15) is 6.04 Å². The molecular weight excluding hydrogens is 252 g/mol. The van der Waals surface area contributed by atoms with Gasteiger partial charge < -0.3 is 14.9 Å². The Labute approximate surface area is 113 Å². The van der Waals surface area contributed by atoms with Gasteiger partial charge in [0.05, 0.1) is 0 Å². The third-order valence-electron chi connectivity index (χ3n) is 3.14. The Morgan fingerprint density at radius 1 is 1.50 bits per heavy atom. The summed E-state index contributed by atoms with van der Waals surface area (Å²) in [6.45, 7) is 7.33. The standard InChI is InChI=1S/C12H22N2O3S/c1-5-9(10(15)16)13(4)11(17)14-6-7-18-12(2,3)8-14/h9H,5-8H2,1-4H3,(H,15,16). The lowest BCUT2D eigenvalue weighted by Gasteiger charge is -2.40. The van der Waals surface area contributed by atoms with Gasteiger partial charge in [0.15, 0.2) is 0 Å². The third kappa shape index (κ3) is 3.54. The molecule has 0 bridgehead atoms. The van der Waals surface area contributed by atoms with E-state index in [0.717, 1.165) is 5.75 Å². The quantitative estimate of drug-likeness (QED) is 0.851. The second-order valence-electron chi connectivity index (χ2n) is 5.19. The summed E-state index contributed by atoms with van der Waals surface area (Å²) in [6, 6.07) is -0.923. The Morgan fingerprint density at radius 2 is 2.11 bits per heavy atom. The van der Waals surface area contributed by atoms with Crippen molar-refractivity contribution in [1.82, 2.24) is 9.80 Å². The Hall–Kier alpha value is -0.910. The molecular formula is C12H22N2O3S. The lowest BCUT2D eigenvalue weighted by molar-refractivity contribution is -0.142. The number of amides is 2. The first-order valence-corrected chi connectivity index (χ1v) is 7.15. The number of thioether (sulfide) groups is 1. The summed E-state index contributed by atoms with van der Waals surface area (Å²) in [5.41, 5.74) is 0. The van der Waals surface area contributed by atoms with Crippen molar-refractivity contribution in [2.75, 3.05) is 25.9 Å². The molecule has 0 aromatic rings. The van der Waals surface area contributed by atoms with Crippen LogP contribution in [0.5, 0.6) is 0 Å². The van der Waals surface area contributed by atoms with E-state index >= 15 is 0 Å². The zero-order valence-corrected chi connectivity index (χ0v) is 12.3. The number of carbonyl (C=O) groups excluding carboxylic acids is 1. The van der Waals surface area contributed by atoms with Gasteiger partial charge in [-0.25, -0.2) is 9.59 Å². The minimum Gasteiger partial charge on any atom is -0.480 e. The van der Waals surface area contributed by atoms with Gasteiger partial charge in [-0.15, -0.1) is 0 Å². The highest BCUT2D eigenvalue weighted by atomic mass is 32.2. The molecule has 1 atom stereocenters. The molecule has 18 heavy (non-hydrogen) atoms. The van der Waals surface area contributed by atoms with Crippen LogP contribution >= 0.6 is 11.8 Å². The second-order valence-corrected chi connectivity index (χ2v) is 6.99. The summed E-state index contributed by atoms with van der Waals surface area (Å²) < 4.78 is 0.0414. The molecule has 1 aliphatic heterocycles. The molecule has 1 aliphatic rings. The number of carboxylic acid groups (broad SMARTS) is 1. The number of likely N-dealkylation sites (N-methyl/N-ethyl adjacent to an activating group) is 1. The van der Waals surface area contributed by atoms with Crippen molar-refractivity contribution in [2.24, 2.45) is 0 Å². The summed E-state index contributed by atoms with van der Waals surface area (Å²) in [5.74, 6) is -0.0461. The highest BCUT2D eigenvalue weighted by Crippen LogP contribution is 2.30. The van der Waals surface area contributed by atoms with Crippen LogP contribution in [0.2, 0.25) is 0 Å². The molecule has 1 fully saturated rings. The average Bonchev–Trinajstić information content (AvgIpc) is 2.26. The molecule has 1 heterocycles. The van der Waals surface area contributed by atoms with Crippen LogP contribution in [0.1, 0.15) is 27.2 Å². The Morgan fingerprint density at radius 3 is 2.56 bits per heavy atom. The summed E-state index contributed by atoms with van der Waals surface area (Å²) in [6.07, 6.45) is 0.420. The number of aliphatic carboxylic acids is 1. The lowest BCUT2D eigenvalue weighted by Crippen LogP contribution is -2.54. The Balaban J connectivity index is 2.71. The molecule has 0 radical (unpaired) electrons. The number of nitrogens with zero attached hydrogens (tertiary/aromatic N) is 2. The number of hydrogen-bond acceptors (Lipinski definition) is 3. The highest BCUT2D eigenvalue weighted by molar-refractivity contribution is 8.00. The SMILES string of the molecule is CCC(C(=O)O)N(C)C(=O)N1CCSC(C)(C)C1. The van der Waals surface area contributed by atoms with Crippen LogP contribution in [0.15, 0.2) is 0 Å². The highest BCUT2D eigenvalue weighted by Gasteiger charge is 2.34. The molecule has 0 saturated carbocycles. The summed E-state index contributed by atoms with van der Waals surface area (Å²) in [7, 11) is 1.57. The van der Waals surface area contributed by atoms with Crippen LogP contribution in [0.4, 0.5) is 4.79 Å². The van der Waals surface area contributed by atoms with Crippen molar-refractivity contribution in [3.05, 3.63) is 0 Å². The molecule has 5 nitrogen and oxygen atoms in total. The molecule has 1 saturated heterocycles. The van der Waals surface area contributed by atoms with Gasteiger partial charge in [-0.05, 0) is 20.3 Å². The molecule has 104 valence electrons. The maximum atomic E-state index is 12.3. The van der Waals surface area contributed by atoms with Gasteiger partial charge in [0.2, 0.25) is 0 Å². The molecule has 0 aliphatic carbocycles. The van der Waals surface area contributed by atoms with Crippen LogP contribution < -0.4 is 0 Å². The van der Waals surface area contributed by atoms with Crippen LogP contribution in [-0.2, 0) is 4.79 Å². The van der Waals surface area contributed by atoms with Gasteiger partial charge in [-0.2, -0.15) is 11.8 Å². The minimum absolute atomic E-state index is 0.0414. The van der Waals surface area contributed by atoms with Crippen molar-refractivity contribution in [3.8, 4) is 0 Å².